The van der Waals surface area contributed by atoms with E-state index in [0.29, 0.717) is 13.2 Å². The Morgan fingerprint density at radius 1 is 1.00 bits per heavy atom. The molecule has 0 saturated carbocycles. The highest BCUT2D eigenvalue weighted by atomic mass is 16.5. The second-order valence-corrected chi connectivity index (χ2v) is 4.54. The van der Waals surface area contributed by atoms with E-state index < -0.39 is 0 Å². The third kappa shape index (κ3) is 11.0. The molecular weight excluding hydrogens is 266 g/mol. The third-order valence-electron chi connectivity index (χ3n) is 2.69. The molecule has 120 valence electrons. The first-order valence-electron chi connectivity index (χ1n) is 7.59. The molecule has 0 atom stereocenters. The molecule has 0 aliphatic heterocycles. The predicted molar refractivity (Wildman–Crippen MR) is 86.4 cm³/mol. The molecule has 4 nitrogen and oxygen atoms in total. The van der Waals surface area contributed by atoms with Gasteiger partial charge in [0.25, 0.3) is 0 Å². The second kappa shape index (κ2) is 13.6. The van der Waals surface area contributed by atoms with Crippen LogP contribution in [0.3, 0.4) is 0 Å². The maximum absolute atomic E-state index is 11.2. The van der Waals surface area contributed by atoms with E-state index in [4.69, 9.17) is 9.47 Å². The number of ether oxygens (including phenoxy) is 2. The van der Waals surface area contributed by atoms with E-state index in [-0.39, 0.29) is 12.5 Å². The minimum Gasteiger partial charge on any atom is -0.379 e. The standard InChI is InChI=1S/C15H23NO3.C2H6/c1-16(2)15(17)13-19-12-11-18-10-6-9-14-7-4-3-5-8-14;1-2/h3-5,7-8H,6,9-13H2,1-2H3;1-2H3. The van der Waals surface area contributed by atoms with Crippen LogP contribution in [0, 0.1) is 0 Å². The fourth-order valence-corrected chi connectivity index (χ4v) is 1.53. The summed E-state index contributed by atoms with van der Waals surface area (Å²) in [6.45, 7) is 5.85. The molecule has 0 aliphatic carbocycles. The van der Waals surface area contributed by atoms with Crippen LogP contribution in [0.15, 0.2) is 30.3 Å². The van der Waals surface area contributed by atoms with Crippen molar-refractivity contribution in [2.45, 2.75) is 26.7 Å². The van der Waals surface area contributed by atoms with Gasteiger partial charge in [-0.25, -0.2) is 0 Å². The lowest BCUT2D eigenvalue weighted by molar-refractivity contribution is -0.134. The lowest BCUT2D eigenvalue weighted by atomic mass is 10.1. The van der Waals surface area contributed by atoms with E-state index in [1.165, 1.54) is 10.5 Å². The summed E-state index contributed by atoms with van der Waals surface area (Å²) in [6, 6.07) is 10.4. The molecule has 4 heteroatoms. The van der Waals surface area contributed by atoms with Crippen LogP contribution in [0.1, 0.15) is 25.8 Å². The number of carbonyl (C=O) groups is 1. The lowest BCUT2D eigenvalue weighted by Crippen LogP contribution is -2.26. The minimum absolute atomic E-state index is 0.0240. The van der Waals surface area contributed by atoms with E-state index in [0.717, 1.165) is 19.4 Å². The Balaban J connectivity index is 0.00000191. The molecule has 1 rings (SSSR count). The molecule has 21 heavy (non-hydrogen) atoms. The molecule has 1 aromatic rings. The van der Waals surface area contributed by atoms with E-state index >= 15 is 0 Å². The van der Waals surface area contributed by atoms with Gasteiger partial charge in [0.15, 0.2) is 0 Å². The van der Waals surface area contributed by atoms with E-state index in [1.54, 1.807) is 14.1 Å². The number of carbonyl (C=O) groups excluding carboxylic acids is 1. The van der Waals surface area contributed by atoms with Crippen LogP contribution in [0.2, 0.25) is 0 Å². The molecule has 0 spiro atoms. The first-order valence-corrected chi connectivity index (χ1v) is 7.59. The summed E-state index contributed by atoms with van der Waals surface area (Å²) >= 11 is 0. The van der Waals surface area contributed by atoms with Crippen LogP contribution in [-0.4, -0.2) is 51.3 Å². The van der Waals surface area contributed by atoms with E-state index in [2.05, 4.69) is 12.1 Å². The maximum atomic E-state index is 11.2. The molecule has 1 aromatic carbocycles. The smallest absolute Gasteiger partial charge is 0.248 e. The average Bonchev–Trinajstić information content (AvgIpc) is 2.52. The topological polar surface area (TPSA) is 38.8 Å². The highest BCUT2D eigenvalue weighted by Gasteiger charge is 2.02. The quantitative estimate of drug-likeness (QED) is 0.658. The van der Waals surface area contributed by atoms with Crippen molar-refractivity contribution < 1.29 is 14.3 Å². The van der Waals surface area contributed by atoms with Crippen LogP contribution in [0.25, 0.3) is 0 Å². The highest BCUT2D eigenvalue weighted by molar-refractivity contribution is 5.76. The zero-order chi connectivity index (χ0) is 15.9. The summed E-state index contributed by atoms with van der Waals surface area (Å²) in [5, 5.41) is 0. The van der Waals surface area contributed by atoms with Crippen LogP contribution in [0.5, 0.6) is 0 Å². The molecule has 0 unspecified atom stereocenters. The Bertz CT molecular complexity index is 352. The van der Waals surface area contributed by atoms with Crippen molar-refractivity contribution in [3.63, 3.8) is 0 Å². The largest absolute Gasteiger partial charge is 0.379 e. The van der Waals surface area contributed by atoms with Crippen molar-refractivity contribution in [1.29, 1.82) is 0 Å². The third-order valence-corrected chi connectivity index (χ3v) is 2.69. The average molecular weight is 295 g/mol. The maximum Gasteiger partial charge on any atom is 0.248 e. The van der Waals surface area contributed by atoms with Gasteiger partial charge in [0.2, 0.25) is 5.91 Å². The number of rotatable bonds is 9. The Kier molecular flexibility index (Phi) is 12.7. The van der Waals surface area contributed by atoms with Gasteiger partial charge in [-0.05, 0) is 18.4 Å². The number of benzene rings is 1. The fraction of sp³-hybridized carbons (Fsp3) is 0.588. The summed E-state index contributed by atoms with van der Waals surface area (Å²) in [5.41, 5.74) is 1.33. The van der Waals surface area contributed by atoms with Gasteiger partial charge in [-0.3, -0.25) is 4.79 Å². The fourth-order valence-electron chi connectivity index (χ4n) is 1.53. The number of nitrogens with zero attached hydrogens (tertiary/aromatic N) is 1. The number of hydrogen-bond donors (Lipinski definition) is 0. The van der Waals surface area contributed by atoms with Crippen LogP contribution in [-0.2, 0) is 20.7 Å². The minimum atomic E-state index is -0.0240. The van der Waals surface area contributed by atoms with Gasteiger partial charge in [-0.15, -0.1) is 0 Å². The van der Waals surface area contributed by atoms with E-state index in [1.807, 2.05) is 32.0 Å². The molecule has 1 amide bonds. The van der Waals surface area contributed by atoms with Crippen molar-refractivity contribution in [1.82, 2.24) is 4.90 Å². The number of amides is 1. The molecule has 0 aliphatic rings. The summed E-state index contributed by atoms with van der Waals surface area (Å²) in [5.74, 6) is -0.0240. The van der Waals surface area contributed by atoms with Crippen molar-refractivity contribution >= 4 is 5.91 Å². The lowest BCUT2D eigenvalue weighted by Gasteiger charge is -2.10. The summed E-state index contributed by atoms with van der Waals surface area (Å²) in [6.07, 6.45) is 2.03. The van der Waals surface area contributed by atoms with Crippen molar-refractivity contribution in [2.75, 3.05) is 40.5 Å². The van der Waals surface area contributed by atoms with Crippen LogP contribution >= 0.6 is 0 Å². The zero-order valence-electron chi connectivity index (χ0n) is 13.8. The van der Waals surface area contributed by atoms with Gasteiger partial charge in [0, 0.05) is 20.7 Å². The molecule has 0 bridgehead atoms. The number of likely N-dealkylation sites (N-methyl/N-ethyl adjacent to an activating group) is 1. The Morgan fingerprint density at radius 2 is 1.62 bits per heavy atom. The van der Waals surface area contributed by atoms with Crippen LogP contribution in [0.4, 0.5) is 0 Å². The normalized spacial score (nSPS) is 9.71. The van der Waals surface area contributed by atoms with Gasteiger partial charge in [0.05, 0.1) is 13.2 Å². The SMILES string of the molecule is CC.CN(C)C(=O)COCCOCCCc1ccccc1. The molecule has 0 heterocycles. The second-order valence-electron chi connectivity index (χ2n) is 4.54. The van der Waals surface area contributed by atoms with Crippen molar-refractivity contribution in [2.24, 2.45) is 0 Å². The summed E-state index contributed by atoms with van der Waals surface area (Å²) in [7, 11) is 3.43. The monoisotopic (exact) mass is 295 g/mol. The highest BCUT2D eigenvalue weighted by Crippen LogP contribution is 2.02. The molecule has 0 radical (unpaired) electrons. The summed E-state index contributed by atoms with van der Waals surface area (Å²) < 4.78 is 10.7. The summed E-state index contributed by atoms with van der Waals surface area (Å²) in [4.78, 5) is 12.7. The zero-order valence-corrected chi connectivity index (χ0v) is 13.8. The number of aryl methyl sites for hydroxylation is 1. The molecule has 0 aromatic heterocycles. The van der Waals surface area contributed by atoms with Gasteiger partial charge in [0.1, 0.15) is 6.61 Å². The molecular formula is C17H29NO3. The predicted octanol–water partition coefficient (Wildman–Crippen LogP) is 2.77. The molecule has 0 N–H and O–H groups in total. The molecule has 0 saturated heterocycles. The van der Waals surface area contributed by atoms with Crippen LogP contribution < -0.4 is 0 Å². The van der Waals surface area contributed by atoms with E-state index in [9.17, 15) is 4.79 Å². The number of hydrogen-bond acceptors (Lipinski definition) is 3. The molecule has 0 fully saturated rings. The first-order chi connectivity index (χ1) is 10.2. The van der Waals surface area contributed by atoms with Gasteiger partial charge >= 0.3 is 0 Å². The van der Waals surface area contributed by atoms with Crippen molar-refractivity contribution in [3.8, 4) is 0 Å². The van der Waals surface area contributed by atoms with Gasteiger partial charge in [-0.2, -0.15) is 0 Å². The van der Waals surface area contributed by atoms with Gasteiger partial charge < -0.3 is 14.4 Å². The van der Waals surface area contributed by atoms with Gasteiger partial charge in [-0.1, -0.05) is 44.2 Å². The Morgan fingerprint density at radius 3 is 2.24 bits per heavy atom. The first kappa shape index (κ1) is 19.6. The Hall–Kier alpha value is -1.39. The van der Waals surface area contributed by atoms with Crippen molar-refractivity contribution in [3.05, 3.63) is 35.9 Å². The Labute approximate surface area is 129 Å².